The molecule has 0 spiro atoms. The van der Waals surface area contributed by atoms with Gasteiger partial charge in [-0.3, -0.25) is 4.79 Å². The fourth-order valence-corrected chi connectivity index (χ4v) is 1.19. The van der Waals surface area contributed by atoms with Gasteiger partial charge in [0.2, 0.25) is 0 Å². The van der Waals surface area contributed by atoms with Crippen LogP contribution in [0.1, 0.15) is 19.1 Å². The molecule has 0 aliphatic heterocycles. The molecule has 0 aliphatic rings. The van der Waals surface area contributed by atoms with Crippen LogP contribution in [0.25, 0.3) is 0 Å². The van der Waals surface area contributed by atoms with Crippen LogP contribution in [0.3, 0.4) is 0 Å². The third-order valence-corrected chi connectivity index (χ3v) is 2.11. The molecule has 1 unspecified atom stereocenters. The van der Waals surface area contributed by atoms with Crippen molar-refractivity contribution < 1.29 is 14.3 Å². The second-order valence-corrected chi connectivity index (χ2v) is 3.15. The van der Waals surface area contributed by atoms with Gasteiger partial charge in [-0.05, 0) is 18.6 Å². The van der Waals surface area contributed by atoms with E-state index in [1.54, 1.807) is 6.26 Å². The Hall–Kier alpha value is -1.29. The summed E-state index contributed by atoms with van der Waals surface area (Å²) in [5, 5.41) is 11.8. The van der Waals surface area contributed by atoms with Crippen molar-refractivity contribution in [2.75, 3.05) is 6.54 Å². The SMILES string of the molecule is CCC(CNCc1ccco1)C(=O)O. The van der Waals surface area contributed by atoms with Crippen molar-refractivity contribution in [1.29, 1.82) is 0 Å². The van der Waals surface area contributed by atoms with Crippen molar-refractivity contribution in [3.63, 3.8) is 0 Å². The maximum atomic E-state index is 10.7. The molecule has 0 aromatic carbocycles. The van der Waals surface area contributed by atoms with Crippen LogP contribution in [0.15, 0.2) is 22.8 Å². The van der Waals surface area contributed by atoms with Crippen LogP contribution >= 0.6 is 0 Å². The Morgan fingerprint density at radius 2 is 2.50 bits per heavy atom. The zero-order valence-electron chi connectivity index (χ0n) is 8.19. The molecular weight excluding hydrogens is 182 g/mol. The molecule has 78 valence electrons. The summed E-state index contributed by atoms with van der Waals surface area (Å²) < 4.78 is 5.10. The summed E-state index contributed by atoms with van der Waals surface area (Å²) in [5.41, 5.74) is 0. The molecule has 0 bridgehead atoms. The van der Waals surface area contributed by atoms with Crippen LogP contribution in [0.2, 0.25) is 0 Å². The highest BCUT2D eigenvalue weighted by molar-refractivity contribution is 5.70. The first-order valence-corrected chi connectivity index (χ1v) is 4.70. The van der Waals surface area contributed by atoms with E-state index in [1.807, 2.05) is 19.1 Å². The van der Waals surface area contributed by atoms with Gasteiger partial charge in [0.1, 0.15) is 5.76 Å². The van der Waals surface area contributed by atoms with Gasteiger partial charge < -0.3 is 14.8 Å². The fraction of sp³-hybridized carbons (Fsp3) is 0.500. The smallest absolute Gasteiger partial charge is 0.307 e. The van der Waals surface area contributed by atoms with Gasteiger partial charge in [0, 0.05) is 6.54 Å². The van der Waals surface area contributed by atoms with Gasteiger partial charge in [0.15, 0.2) is 0 Å². The number of carboxylic acid groups (broad SMARTS) is 1. The van der Waals surface area contributed by atoms with Gasteiger partial charge in [0.25, 0.3) is 0 Å². The van der Waals surface area contributed by atoms with Crippen LogP contribution in [0, 0.1) is 5.92 Å². The molecule has 2 N–H and O–H groups in total. The Labute approximate surface area is 82.9 Å². The minimum absolute atomic E-state index is 0.315. The summed E-state index contributed by atoms with van der Waals surface area (Å²) in [5.74, 6) is -0.241. The molecular formula is C10H15NO3. The lowest BCUT2D eigenvalue weighted by Gasteiger charge is -2.09. The van der Waals surface area contributed by atoms with Crippen molar-refractivity contribution in [2.45, 2.75) is 19.9 Å². The van der Waals surface area contributed by atoms with Gasteiger partial charge in [-0.2, -0.15) is 0 Å². The average Bonchev–Trinajstić information content (AvgIpc) is 2.64. The van der Waals surface area contributed by atoms with E-state index >= 15 is 0 Å². The Balaban J connectivity index is 2.23. The van der Waals surface area contributed by atoms with Crippen LogP contribution in [0.5, 0.6) is 0 Å². The minimum Gasteiger partial charge on any atom is -0.481 e. The number of furan rings is 1. The van der Waals surface area contributed by atoms with Crippen LogP contribution in [-0.4, -0.2) is 17.6 Å². The highest BCUT2D eigenvalue weighted by Gasteiger charge is 2.13. The molecule has 4 nitrogen and oxygen atoms in total. The Morgan fingerprint density at radius 1 is 1.71 bits per heavy atom. The number of nitrogens with one attached hydrogen (secondary N) is 1. The lowest BCUT2D eigenvalue weighted by molar-refractivity contribution is -0.141. The third-order valence-electron chi connectivity index (χ3n) is 2.11. The number of hydrogen-bond acceptors (Lipinski definition) is 3. The van der Waals surface area contributed by atoms with E-state index in [1.165, 1.54) is 0 Å². The Bertz CT molecular complexity index is 269. The lowest BCUT2D eigenvalue weighted by atomic mass is 10.1. The summed E-state index contributed by atoms with van der Waals surface area (Å²) >= 11 is 0. The zero-order valence-corrected chi connectivity index (χ0v) is 8.19. The van der Waals surface area contributed by atoms with Crippen molar-refractivity contribution >= 4 is 5.97 Å². The van der Waals surface area contributed by atoms with E-state index in [-0.39, 0.29) is 5.92 Å². The molecule has 1 atom stereocenters. The molecule has 0 fully saturated rings. The second-order valence-electron chi connectivity index (χ2n) is 3.15. The number of carbonyl (C=O) groups is 1. The van der Waals surface area contributed by atoms with Crippen molar-refractivity contribution in [2.24, 2.45) is 5.92 Å². The first-order chi connectivity index (χ1) is 6.74. The van der Waals surface area contributed by atoms with E-state index in [2.05, 4.69) is 5.32 Å². The topological polar surface area (TPSA) is 62.5 Å². The zero-order chi connectivity index (χ0) is 10.4. The molecule has 14 heavy (non-hydrogen) atoms. The van der Waals surface area contributed by atoms with Crippen molar-refractivity contribution in [1.82, 2.24) is 5.32 Å². The Morgan fingerprint density at radius 3 is 3.00 bits per heavy atom. The number of hydrogen-bond donors (Lipinski definition) is 2. The molecule has 1 aromatic rings. The van der Waals surface area contributed by atoms with Gasteiger partial charge in [-0.1, -0.05) is 6.92 Å². The maximum absolute atomic E-state index is 10.7. The van der Waals surface area contributed by atoms with Crippen LogP contribution in [0.4, 0.5) is 0 Å². The number of aliphatic carboxylic acids is 1. The summed E-state index contributed by atoms with van der Waals surface area (Å²) in [6, 6.07) is 3.67. The highest BCUT2D eigenvalue weighted by atomic mass is 16.4. The second kappa shape index (κ2) is 5.44. The molecule has 0 amide bonds. The predicted molar refractivity (Wildman–Crippen MR) is 51.8 cm³/mol. The van der Waals surface area contributed by atoms with Crippen molar-refractivity contribution in [3.8, 4) is 0 Å². The Kier molecular flexibility index (Phi) is 4.19. The van der Waals surface area contributed by atoms with E-state index in [4.69, 9.17) is 9.52 Å². The van der Waals surface area contributed by atoms with E-state index in [0.717, 1.165) is 5.76 Å². The van der Waals surface area contributed by atoms with Crippen LogP contribution < -0.4 is 5.32 Å². The van der Waals surface area contributed by atoms with Gasteiger partial charge in [0.05, 0.1) is 18.7 Å². The highest BCUT2D eigenvalue weighted by Crippen LogP contribution is 2.02. The minimum atomic E-state index is -0.751. The van der Waals surface area contributed by atoms with Crippen LogP contribution in [-0.2, 0) is 11.3 Å². The first-order valence-electron chi connectivity index (χ1n) is 4.70. The normalized spacial score (nSPS) is 12.6. The first kappa shape index (κ1) is 10.8. The number of rotatable bonds is 6. The van der Waals surface area contributed by atoms with Gasteiger partial charge >= 0.3 is 5.97 Å². The third kappa shape index (κ3) is 3.22. The molecule has 1 aromatic heterocycles. The molecule has 0 saturated carbocycles. The van der Waals surface area contributed by atoms with Gasteiger partial charge in [-0.15, -0.1) is 0 Å². The average molecular weight is 197 g/mol. The van der Waals surface area contributed by atoms with E-state index in [0.29, 0.717) is 19.5 Å². The molecule has 0 saturated heterocycles. The maximum Gasteiger partial charge on any atom is 0.307 e. The standard InChI is InChI=1S/C10H15NO3/c1-2-8(10(12)13)6-11-7-9-4-3-5-14-9/h3-5,8,11H,2,6-7H2,1H3,(H,12,13). The lowest BCUT2D eigenvalue weighted by Crippen LogP contribution is -2.27. The largest absolute Gasteiger partial charge is 0.481 e. The van der Waals surface area contributed by atoms with Gasteiger partial charge in [-0.25, -0.2) is 0 Å². The monoisotopic (exact) mass is 197 g/mol. The summed E-state index contributed by atoms with van der Waals surface area (Å²) in [7, 11) is 0. The summed E-state index contributed by atoms with van der Waals surface area (Å²) in [4.78, 5) is 10.7. The fourth-order valence-electron chi connectivity index (χ4n) is 1.19. The summed E-state index contributed by atoms with van der Waals surface area (Å²) in [6.07, 6.45) is 2.24. The van der Waals surface area contributed by atoms with E-state index < -0.39 is 5.97 Å². The quantitative estimate of drug-likeness (QED) is 0.725. The molecule has 1 rings (SSSR count). The molecule has 1 heterocycles. The van der Waals surface area contributed by atoms with E-state index in [9.17, 15) is 4.79 Å². The molecule has 0 aliphatic carbocycles. The summed E-state index contributed by atoms with van der Waals surface area (Å²) in [6.45, 7) is 2.93. The number of carboxylic acids is 1. The molecule has 4 heteroatoms. The predicted octanol–water partition coefficient (Wildman–Crippen LogP) is 1.48. The van der Waals surface area contributed by atoms with Crippen molar-refractivity contribution in [3.05, 3.63) is 24.2 Å². The molecule has 0 radical (unpaired) electrons.